The van der Waals surface area contributed by atoms with Crippen molar-refractivity contribution in [3.8, 4) is 11.4 Å². The summed E-state index contributed by atoms with van der Waals surface area (Å²) in [7, 11) is 0. The summed E-state index contributed by atoms with van der Waals surface area (Å²) in [5, 5.41) is 7.53. The number of hydrogen-bond acceptors (Lipinski definition) is 6. The molecule has 7 heteroatoms. The molecule has 3 aromatic heterocycles. The summed E-state index contributed by atoms with van der Waals surface area (Å²) in [6, 6.07) is 9.23. The molecule has 130 valence electrons. The number of rotatable bonds is 4. The molecule has 0 bridgehead atoms. The van der Waals surface area contributed by atoms with E-state index in [1.165, 1.54) is 0 Å². The van der Waals surface area contributed by atoms with E-state index in [4.69, 9.17) is 8.94 Å². The Labute approximate surface area is 149 Å². The number of nitrogens with one attached hydrogen (secondary N) is 1. The lowest BCUT2D eigenvalue weighted by Gasteiger charge is -1.98. The molecule has 0 aliphatic rings. The van der Waals surface area contributed by atoms with Crippen LogP contribution in [0.2, 0.25) is 0 Å². The molecule has 3 heterocycles. The van der Waals surface area contributed by atoms with Crippen LogP contribution in [0.1, 0.15) is 27.6 Å². The highest BCUT2D eigenvalue weighted by Crippen LogP contribution is 2.23. The highest BCUT2D eigenvalue weighted by atomic mass is 16.5. The van der Waals surface area contributed by atoms with Crippen LogP contribution in [0.15, 0.2) is 51.7 Å². The Hall–Kier alpha value is -3.48. The van der Waals surface area contributed by atoms with Gasteiger partial charge in [0, 0.05) is 23.3 Å². The number of amides is 1. The average Bonchev–Trinajstić information content (AvgIpc) is 3.28. The predicted octanol–water partition coefficient (Wildman–Crippen LogP) is 3.42. The molecule has 4 rings (SSSR count). The van der Waals surface area contributed by atoms with Crippen molar-refractivity contribution in [2.24, 2.45) is 0 Å². The van der Waals surface area contributed by atoms with Gasteiger partial charge in [-0.05, 0) is 55.3 Å². The normalized spacial score (nSPS) is 11.0. The van der Waals surface area contributed by atoms with Crippen molar-refractivity contribution in [2.75, 3.05) is 0 Å². The van der Waals surface area contributed by atoms with Gasteiger partial charge in [-0.25, -0.2) is 0 Å². The van der Waals surface area contributed by atoms with Crippen molar-refractivity contribution in [3.05, 3.63) is 65.5 Å². The minimum atomic E-state index is -0.333. The fourth-order valence-electron chi connectivity index (χ4n) is 2.60. The van der Waals surface area contributed by atoms with Gasteiger partial charge >= 0.3 is 0 Å². The summed E-state index contributed by atoms with van der Waals surface area (Å²) in [6.07, 6.45) is 3.30. The number of benzene rings is 1. The van der Waals surface area contributed by atoms with Crippen LogP contribution in [0.4, 0.5) is 0 Å². The van der Waals surface area contributed by atoms with E-state index in [1.54, 1.807) is 30.6 Å². The third kappa shape index (κ3) is 3.06. The number of carbonyl (C=O) groups is 1. The zero-order chi connectivity index (χ0) is 18.1. The van der Waals surface area contributed by atoms with Crippen LogP contribution in [-0.4, -0.2) is 21.0 Å². The molecule has 0 unspecified atom stereocenters. The number of nitrogens with zero attached hydrogens (tertiary/aromatic N) is 3. The van der Waals surface area contributed by atoms with Crippen molar-refractivity contribution in [2.45, 2.75) is 20.4 Å². The van der Waals surface area contributed by atoms with Gasteiger partial charge in [0.2, 0.25) is 11.7 Å². The summed E-state index contributed by atoms with van der Waals surface area (Å²) in [6.45, 7) is 4.15. The zero-order valence-corrected chi connectivity index (χ0v) is 14.3. The van der Waals surface area contributed by atoms with Crippen molar-refractivity contribution in [1.29, 1.82) is 0 Å². The van der Waals surface area contributed by atoms with E-state index in [-0.39, 0.29) is 18.2 Å². The quantitative estimate of drug-likeness (QED) is 0.607. The molecule has 0 atom stereocenters. The average molecular weight is 348 g/mol. The lowest BCUT2D eigenvalue weighted by molar-refractivity contribution is 0.0920. The first-order chi connectivity index (χ1) is 12.6. The van der Waals surface area contributed by atoms with Gasteiger partial charge in [-0.1, -0.05) is 5.16 Å². The Kier molecular flexibility index (Phi) is 3.96. The van der Waals surface area contributed by atoms with Crippen LogP contribution in [0, 0.1) is 13.8 Å². The first-order valence-corrected chi connectivity index (χ1v) is 8.12. The van der Waals surface area contributed by atoms with Crippen LogP contribution in [0.3, 0.4) is 0 Å². The van der Waals surface area contributed by atoms with E-state index in [0.717, 1.165) is 22.1 Å². The number of aromatic nitrogens is 3. The van der Waals surface area contributed by atoms with Gasteiger partial charge in [-0.2, -0.15) is 4.98 Å². The van der Waals surface area contributed by atoms with E-state index < -0.39 is 0 Å². The Bertz CT molecular complexity index is 1040. The summed E-state index contributed by atoms with van der Waals surface area (Å²) < 4.78 is 10.8. The van der Waals surface area contributed by atoms with E-state index in [1.807, 2.05) is 26.0 Å². The highest BCUT2D eigenvalue weighted by Gasteiger charge is 2.15. The largest absolute Gasteiger partial charge is 0.451 e. The van der Waals surface area contributed by atoms with Gasteiger partial charge < -0.3 is 14.3 Å². The first kappa shape index (κ1) is 16.0. The fourth-order valence-corrected chi connectivity index (χ4v) is 2.60. The molecule has 7 nitrogen and oxygen atoms in total. The second-order valence-corrected chi connectivity index (χ2v) is 6.02. The maximum atomic E-state index is 12.3. The van der Waals surface area contributed by atoms with Crippen LogP contribution in [-0.2, 0) is 6.54 Å². The number of furan rings is 1. The summed E-state index contributed by atoms with van der Waals surface area (Å²) in [4.78, 5) is 20.5. The van der Waals surface area contributed by atoms with Crippen LogP contribution in [0.5, 0.6) is 0 Å². The molecule has 0 aliphatic carbocycles. The zero-order valence-electron chi connectivity index (χ0n) is 14.3. The van der Waals surface area contributed by atoms with E-state index in [0.29, 0.717) is 17.3 Å². The molecule has 1 N–H and O–H groups in total. The van der Waals surface area contributed by atoms with Gasteiger partial charge in [-0.15, -0.1) is 0 Å². The smallest absolute Gasteiger partial charge is 0.287 e. The lowest BCUT2D eigenvalue weighted by atomic mass is 10.1. The Morgan fingerprint density at radius 3 is 2.69 bits per heavy atom. The molecule has 1 amide bonds. The highest BCUT2D eigenvalue weighted by molar-refractivity contribution is 5.96. The Morgan fingerprint density at radius 1 is 1.12 bits per heavy atom. The molecule has 0 radical (unpaired) electrons. The lowest BCUT2D eigenvalue weighted by Crippen LogP contribution is -2.22. The third-order valence-electron chi connectivity index (χ3n) is 4.16. The molecule has 0 saturated carbocycles. The predicted molar refractivity (Wildman–Crippen MR) is 94.4 cm³/mol. The van der Waals surface area contributed by atoms with Crippen LogP contribution in [0.25, 0.3) is 22.4 Å². The van der Waals surface area contributed by atoms with Gasteiger partial charge in [0.05, 0.1) is 6.54 Å². The molecule has 1 aromatic carbocycles. The molecular formula is C19H16N4O3. The minimum absolute atomic E-state index is 0.117. The second kappa shape index (κ2) is 6.44. The topological polar surface area (TPSA) is 94.1 Å². The van der Waals surface area contributed by atoms with Gasteiger partial charge in [-0.3, -0.25) is 9.78 Å². The molecule has 0 saturated heterocycles. The first-order valence-electron chi connectivity index (χ1n) is 8.12. The maximum Gasteiger partial charge on any atom is 0.287 e. The van der Waals surface area contributed by atoms with Crippen molar-refractivity contribution < 1.29 is 13.7 Å². The Morgan fingerprint density at radius 2 is 1.88 bits per heavy atom. The van der Waals surface area contributed by atoms with Crippen LogP contribution < -0.4 is 5.32 Å². The van der Waals surface area contributed by atoms with Crippen molar-refractivity contribution in [1.82, 2.24) is 20.4 Å². The maximum absolute atomic E-state index is 12.3. The molecule has 0 aliphatic heterocycles. The number of hydrogen-bond donors (Lipinski definition) is 1. The van der Waals surface area contributed by atoms with Gasteiger partial charge in [0.1, 0.15) is 5.58 Å². The minimum Gasteiger partial charge on any atom is -0.451 e. The molecule has 4 aromatic rings. The number of fused-ring (bicyclic) bond motifs is 1. The fraction of sp³-hybridized carbons (Fsp3) is 0.158. The Balaban J connectivity index is 1.47. The summed E-state index contributed by atoms with van der Waals surface area (Å²) >= 11 is 0. The van der Waals surface area contributed by atoms with Crippen LogP contribution >= 0.6 is 0 Å². The van der Waals surface area contributed by atoms with Gasteiger partial charge in [0.15, 0.2) is 5.76 Å². The monoisotopic (exact) mass is 348 g/mol. The van der Waals surface area contributed by atoms with E-state index >= 15 is 0 Å². The molecule has 0 fully saturated rings. The van der Waals surface area contributed by atoms with E-state index in [2.05, 4.69) is 20.4 Å². The summed E-state index contributed by atoms with van der Waals surface area (Å²) in [5.74, 6) is 0.679. The standard InChI is InChI=1S/C19H16N4O3/c1-11-7-14-9-16(25-15(14)8-12(11)2)19(24)21-10-17-22-18(23-26-17)13-3-5-20-6-4-13/h3-9H,10H2,1-2H3,(H,21,24). The van der Waals surface area contributed by atoms with Crippen molar-refractivity contribution in [3.63, 3.8) is 0 Å². The number of carbonyl (C=O) groups excluding carboxylic acids is 1. The summed E-state index contributed by atoms with van der Waals surface area (Å²) in [5.41, 5.74) is 3.76. The molecule has 26 heavy (non-hydrogen) atoms. The third-order valence-corrected chi connectivity index (χ3v) is 4.16. The van der Waals surface area contributed by atoms with E-state index in [9.17, 15) is 4.79 Å². The number of aryl methyl sites for hydroxylation is 2. The number of pyridine rings is 1. The SMILES string of the molecule is Cc1cc2cc(C(=O)NCc3nc(-c4ccncc4)no3)oc2cc1C. The second-order valence-electron chi connectivity index (χ2n) is 6.02. The van der Waals surface area contributed by atoms with Crippen molar-refractivity contribution >= 4 is 16.9 Å². The molecule has 0 spiro atoms. The van der Waals surface area contributed by atoms with Gasteiger partial charge in [0.25, 0.3) is 5.91 Å². The molecular weight excluding hydrogens is 332 g/mol.